The van der Waals surface area contributed by atoms with E-state index in [0.717, 1.165) is 0 Å². The third-order valence-electron chi connectivity index (χ3n) is 10.8. The van der Waals surface area contributed by atoms with E-state index in [4.69, 9.17) is 0 Å². The molecule has 256 valence electrons. The van der Waals surface area contributed by atoms with Gasteiger partial charge in [-0.2, -0.15) is 0 Å². The van der Waals surface area contributed by atoms with Gasteiger partial charge in [-0.25, -0.2) is 9.18 Å². The van der Waals surface area contributed by atoms with Gasteiger partial charge in [0.2, 0.25) is 17.7 Å². The topological polar surface area (TPSA) is 155 Å². The van der Waals surface area contributed by atoms with E-state index < -0.39 is 60.4 Å². The van der Waals surface area contributed by atoms with Crippen molar-refractivity contribution < 1.29 is 28.4 Å². The van der Waals surface area contributed by atoms with Gasteiger partial charge in [-0.05, 0) is 59.1 Å². The minimum absolute atomic E-state index is 0.0382. The first-order valence-electron chi connectivity index (χ1n) is 16.8. The van der Waals surface area contributed by atoms with Crippen LogP contribution < -0.4 is 26.6 Å². The van der Waals surface area contributed by atoms with Crippen molar-refractivity contribution in [3.8, 4) is 0 Å². The van der Waals surface area contributed by atoms with Crippen LogP contribution in [0, 0.1) is 17.8 Å². The predicted molar refractivity (Wildman–Crippen MR) is 169 cm³/mol. The smallest absolute Gasteiger partial charge is 0.320 e. The van der Waals surface area contributed by atoms with Gasteiger partial charge in [0.25, 0.3) is 0 Å². The molecule has 5 fully saturated rings. The third kappa shape index (κ3) is 6.40. The molecule has 5 rings (SSSR count). The normalized spacial score (nSPS) is 41.1. The number of hydrogen-bond donors (Lipinski definition) is 5. The Kier molecular flexibility index (Phi) is 10.1. The molecule has 13 nitrogen and oxygen atoms in total. The van der Waals surface area contributed by atoms with E-state index in [0.29, 0.717) is 26.1 Å². The van der Waals surface area contributed by atoms with Crippen molar-refractivity contribution in [2.75, 3.05) is 19.6 Å². The van der Waals surface area contributed by atoms with Crippen LogP contribution in [0.1, 0.15) is 60.8 Å². The number of nitrogens with zero attached hydrogens (tertiary/aromatic N) is 3. The number of carbonyl (C=O) groups excluding carboxylic acids is 5. The number of rotatable bonds is 3. The molecule has 0 aromatic carbocycles. The maximum absolute atomic E-state index is 16.2. The molecule has 5 heterocycles. The molecule has 5 aliphatic rings. The van der Waals surface area contributed by atoms with E-state index in [-0.39, 0.29) is 60.5 Å². The molecule has 14 heteroatoms. The van der Waals surface area contributed by atoms with E-state index in [1.54, 1.807) is 23.6 Å². The van der Waals surface area contributed by atoms with Gasteiger partial charge in [-0.1, -0.05) is 20.4 Å². The van der Waals surface area contributed by atoms with Gasteiger partial charge in [0, 0.05) is 49.6 Å². The maximum Gasteiger partial charge on any atom is 0.320 e. The summed E-state index contributed by atoms with van der Waals surface area (Å²) in [6, 6.07) is -4.24. The van der Waals surface area contributed by atoms with Crippen molar-refractivity contribution in [2.45, 2.75) is 122 Å². The van der Waals surface area contributed by atoms with Crippen molar-refractivity contribution in [2.24, 2.45) is 17.8 Å². The van der Waals surface area contributed by atoms with Crippen LogP contribution in [-0.2, 0) is 19.2 Å². The highest BCUT2D eigenvalue weighted by Gasteiger charge is 2.56. The lowest BCUT2D eigenvalue weighted by Crippen LogP contribution is -2.80. The van der Waals surface area contributed by atoms with Crippen molar-refractivity contribution >= 4 is 29.5 Å². The zero-order valence-electron chi connectivity index (χ0n) is 27.8. The number of piperidine rings is 2. The number of carbonyl (C=O) groups is 5. The second-order valence-corrected chi connectivity index (χ2v) is 14.3. The predicted octanol–water partition coefficient (Wildman–Crippen LogP) is 0.0721. The highest BCUT2D eigenvalue weighted by atomic mass is 19.1. The van der Waals surface area contributed by atoms with Crippen molar-refractivity contribution in [3.63, 3.8) is 0 Å². The third-order valence-corrected chi connectivity index (χ3v) is 10.8. The van der Waals surface area contributed by atoms with Gasteiger partial charge in [-0.3, -0.25) is 29.4 Å². The summed E-state index contributed by atoms with van der Waals surface area (Å²) in [7, 11) is 0. The summed E-state index contributed by atoms with van der Waals surface area (Å²) in [5.41, 5.74) is 0. The Hall–Kier alpha value is -3.10. The first kappa shape index (κ1) is 34.2. The highest BCUT2D eigenvalue weighted by molar-refractivity contribution is 5.93. The van der Waals surface area contributed by atoms with Crippen LogP contribution in [-0.4, -0.2) is 125 Å². The van der Waals surface area contributed by atoms with Crippen LogP contribution in [0.3, 0.4) is 0 Å². The standard InChI is InChI=1S/C32H51FN8O5/c1-8-25(43)39-13-17(5)40(14-16(39)4)28-21-11-22(33)23-12-24(42)18(6)35-30(44)19(7)36-31(45)20-9-10-34-26(15(2)3)27(20)41(29(21)37-23)32(46)38-28/h8,15-23,26-29,34,37H,1,9-14H2,2-7H3,(H,35,44)(H,36,45)(H,38,46)/t16-,17+,18?,19?,20?,21?,22?,23?,26?,27?,28?,29?/m1/s1. The van der Waals surface area contributed by atoms with Gasteiger partial charge in [-0.15, -0.1) is 0 Å². The summed E-state index contributed by atoms with van der Waals surface area (Å²) < 4.78 is 16.2. The summed E-state index contributed by atoms with van der Waals surface area (Å²) in [6.45, 7) is 16.2. The Morgan fingerprint density at radius 3 is 2.33 bits per heavy atom. The lowest BCUT2D eigenvalue weighted by atomic mass is 9.76. The zero-order chi connectivity index (χ0) is 33.6. The number of Topliss-reactive ketones (excluding diaryl/α,β-unsaturated/α-hetero) is 1. The largest absolute Gasteiger partial charge is 0.345 e. The summed E-state index contributed by atoms with van der Waals surface area (Å²) in [4.78, 5) is 72.7. The van der Waals surface area contributed by atoms with Crippen molar-refractivity contribution in [1.29, 1.82) is 0 Å². The Balaban J connectivity index is 1.56. The Bertz CT molecular complexity index is 1230. The van der Waals surface area contributed by atoms with Crippen LogP contribution in [0.5, 0.6) is 0 Å². The number of urea groups is 1. The molecule has 0 radical (unpaired) electrons. The SMILES string of the molecule is C=CC(=O)N1C[C@H](C)N(C2NC(=O)N3C4NC(CC(=O)C(C)NC(=O)C(C)NC(=O)C5CCNC(C(C)C)C53)C(F)CC42)C[C@H]1C. The molecule has 46 heavy (non-hydrogen) atoms. The van der Waals surface area contributed by atoms with Gasteiger partial charge in [0.15, 0.2) is 5.78 Å². The van der Waals surface area contributed by atoms with Gasteiger partial charge >= 0.3 is 6.03 Å². The summed E-state index contributed by atoms with van der Waals surface area (Å²) in [5.74, 6) is -2.37. The lowest BCUT2D eigenvalue weighted by Gasteiger charge is -2.59. The molecule has 0 aromatic heterocycles. The van der Waals surface area contributed by atoms with Crippen LogP contribution in [0.25, 0.3) is 0 Å². The molecule has 2 bridgehead atoms. The molecule has 5 N–H and O–H groups in total. The van der Waals surface area contributed by atoms with Crippen molar-refractivity contribution in [1.82, 2.24) is 41.3 Å². The number of alkyl halides is 1. The molecule has 12 atom stereocenters. The average molecular weight is 647 g/mol. The fourth-order valence-electron chi connectivity index (χ4n) is 8.25. The van der Waals surface area contributed by atoms with E-state index in [1.807, 2.05) is 27.7 Å². The first-order chi connectivity index (χ1) is 21.7. The molecule has 0 aromatic rings. The number of nitrogens with one attached hydrogen (secondary N) is 5. The molecular weight excluding hydrogens is 595 g/mol. The number of piperazine rings is 1. The van der Waals surface area contributed by atoms with E-state index in [1.165, 1.54) is 6.08 Å². The minimum atomic E-state index is -1.40. The molecule has 10 unspecified atom stereocenters. The quantitative estimate of drug-likeness (QED) is 0.270. The second kappa shape index (κ2) is 13.6. The molecule has 5 saturated heterocycles. The van der Waals surface area contributed by atoms with E-state index >= 15 is 4.39 Å². The number of amides is 5. The number of halogens is 1. The lowest BCUT2D eigenvalue weighted by molar-refractivity contribution is -0.140. The second-order valence-electron chi connectivity index (χ2n) is 14.3. The van der Waals surface area contributed by atoms with Crippen LogP contribution in [0.2, 0.25) is 0 Å². The van der Waals surface area contributed by atoms with Gasteiger partial charge in [0.05, 0.1) is 30.3 Å². The van der Waals surface area contributed by atoms with Crippen LogP contribution in [0.4, 0.5) is 9.18 Å². The van der Waals surface area contributed by atoms with Gasteiger partial charge < -0.3 is 31.1 Å². The van der Waals surface area contributed by atoms with Gasteiger partial charge in [0.1, 0.15) is 12.2 Å². The van der Waals surface area contributed by atoms with Crippen LogP contribution in [0.15, 0.2) is 12.7 Å². The Labute approximate surface area is 270 Å². The summed E-state index contributed by atoms with van der Waals surface area (Å²) >= 11 is 0. The average Bonchev–Trinajstić information content (AvgIpc) is 3.01. The number of ketones is 1. The monoisotopic (exact) mass is 646 g/mol. The minimum Gasteiger partial charge on any atom is -0.345 e. The Morgan fingerprint density at radius 2 is 1.65 bits per heavy atom. The molecule has 0 aliphatic carbocycles. The Morgan fingerprint density at radius 1 is 0.957 bits per heavy atom. The molecule has 0 saturated carbocycles. The highest BCUT2D eigenvalue weighted by Crippen LogP contribution is 2.39. The van der Waals surface area contributed by atoms with Crippen LogP contribution >= 0.6 is 0 Å². The maximum atomic E-state index is 16.2. The summed E-state index contributed by atoms with van der Waals surface area (Å²) in [5, 5.41) is 15.6. The number of fused-ring (bicyclic) bond motifs is 3. The molecular formula is C32H51FN8O5. The summed E-state index contributed by atoms with van der Waals surface area (Å²) in [6.07, 6.45) is -0.972. The van der Waals surface area contributed by atoms with Crippen molar-refractivity contribution in [3.05, 3.63) is 12.7 Å². The van der Waals surface area contributed by atoms with E-state index in [2.05, 4.69) is 38.1 Å². The first-order valence-corrected chi connectivity index (χ1v) is 16.8. The number of hydrogen-bond acceptors (Lipinski definition) is 8. The van der Waals surface area contributed by atoms with E-state index in [9.17, 15) is 24.0 Å². The molecule has 0 spiro atoms. The molecule has 5 amide bonds. The zero-order valence-corrected chi connectivity index (χ0v) is 27.8. The fourth-order valence-corrected chi connectivity index (χ4v) is 8.25. The molecule has 5 aliphatic heterocycles. The fraction of sp³-hybridized carbons (Fsp3) is 0.781.